The summed E-state index contributed by atoms with van der Waals surface area (Å²) in [6.45, 7) is 5.94. The maximum atomic E-state index is 12.0. The van der Waals surface area contributed by atoms with Crippen LogP contribution in [-0.2, 0) is 14.3 Å². The first-order valence-electron chi connectivity index (χ1n) is 5.88. The molecule has 0 saturated carbocycles. The van der Waals surface area contributed by atoms with E-state index in [4.69, 9.17) is 9.47 Å². The van der Waals surface area contributed by atoms with E-state index in [1.165, 1.54) is 12.0 Å². The molecule has 1 heterocycles. The van der Waals surface area contributed by atoms with Gasteiger partial charge in [0.15, 0.2) is 0 Å². The van der Waals surface area contributed by atoms with Crippen molar-refractivity contribution in [1.29, 1.82) is 0 Å². The molecule has 0 aromatic carbocycles. The molecule has 5 nitrogen and oxygen atoms in total. The number of hydrogen-bond donors (Lipinski definition) is 0. The molecule has 0 radical (unpaired) electrons. The highest BCUT2D eigenvalue weighted by molar-refractivity contribution is 7.99. The molecule has 0 aliphatic carbocycles. The molecule has 6 heteroatoms. The topological polar surface area (TPSA) is 55.8 Å². The smallest absolute Gasteiger partial charge is 0.411 e. The molecule has 1 fully saturated rings. The number of rotatable bonds is 2. The lowest BCUT2D eigenvalue weighted by Gasteiger charge is -2.27. The Hall–Kier alpha value is -0.910. The molecule has 0 spiro atoms. The Balaban J connectivity index is 2.77. The van der Waals surface area contributed by atoms with Gasteiger partial charge in [-0.1, -0.05) is 0 Å². The average molecular weight is 275 g/mol. The van der Waals surface area contributed by atoms with Crippen LogP contribution in [0.5, 0.6) is 0 Å². The van der Waals surface area contributed by atoms with Crippen LogP contribution >= 0.6 is 11.8 Å². The summed E-state index contributed by atoms with van der Waals surface area (Å²) in [4.78, 5) is 25.2. The molecule has 2 atom stereocenters. The number of amides is 1. The van der Waals surface area contributed by atoms with Crippen molar-refractivity contribution in [2.75, 3.05) is 19.9 Å². The lowest BCUT2D eigenvalue weighted by molar-refractivity contribution is -0.145. The van der Waals surface area contributed by atoms with Crippen LogP contribution in [0.1, 0.15) is 27.2 Å². The van der Waals surface area contributed by atoms with Crippen LogP contribution in [0.15, 0.2) is 0 Å². The minimum Gasteiger partial charge on any atom is -0.467 e. The van der Waals surface area contributed by atoms with E-state index in [2.05, 4.69) is 0 Å². The van der Waals surface area contributed by atoms with Crippen molar-refractivity contribution in [1.82, 2.24) is 4.90 Å². The predicted molar refractivity (Wildman–Crippen MR) is 70.7 cm³/mol. The Morgan fingerprint density at radius 2 is 1.94 bits per heavy atom. The van der Waals surface area contributed by atoms with Gasteiger partial charge in [-0.15, -0.1) is 0 Å². The molecular weight excluding hydrogens is 254 g/mol. The van der Waals surface area contributed by atoms with Crippen LogP contribution in [-0.4, -0.2) is 53.8 Å². The van der Waals surface area contributed by atoms with Gasteiger partial charge in [0.2, 0.25) is 0 Å². The molecule has 0 N–H and O–H groups in total. The third-order valence-electron chi connectivity index (χ3n) is 2.70. The molecular formula is C12H21NO4S. The van der Waals surface area contributed by atoms with Crippen LogP contribution in [0, 0.1) is 0 Å². The van der Waals surface area contributed by atoms with Gasteiger partial charge in [-0.05, 0) is 33.4 Å². The molecule has 0 aromatic heterocycles. The Morgan fingerprint density at radius 1 is 1.33 bits per heavy atom. The van der Waals surface area contributed by atoms with Gasteiger partial charge in [0.05, 0.1) is 7.11 Å². The minimum absolute atomic E-state index is 0.251. The summed E-state index contributed by atoms with van der Waals surface area (Å²) in [6, 6.07) is -0.526. The zero-order chi connectivity index (χ0) is 13.9. The maximum Gasteiger partial charge on any atom is 0.411 e. The van der Waals surface area contributed by atoms with Crippen molar-refractivity contribution in [3.8, 4) is 0 Å². The van der Waals surface area contributed by atoms with Crippen molar-refractivity contribution in [2.45, 2.75) is 44.1 Å². The zero-order valence-corrected chi connectivity index (χ0v) is 12.4. The first-order chi connectivity index (χ1) is 8.28. The average Bonchev–Trinajstić information content (AvgIpc) is 2.69. The summed E-state index contributed by atoms with van der Waals surface area (Å²) >= 11 is 1.65. The molecule has 0 unspecified atom stereocenters. The maximum absolute atomic E-state index is 12.0. The largest absolute Gasteiger partial charge is 0.467 e. The van der Waals surface area contributed by atoms with E-state index in [-0.39, 0.29) is 11.2 Å². The second-order valence-corrected chi connectivity index (χ2v) is 6.40. The number of hydrogen-bond acceptors (Lipinski definition) is 5. The highest BCUT2D eigenvalue weighted by Crippen LogP contribution is 2.28. The third-order valence-corrected chi connectivity index (χ3v) is 3.71. The second-order valence-electron chi connectivity index (χ2n) is 5.27. The Labute approximate surface area is 112 Å². The fourth-order valence-corrected chi connectivity index (χ4v) is 2.53. The third kappa shape index (κ3) is 3.80. The number of likely N-dealkylation sites (tertiary alicyclic amines) is 1. The summed E-state index contributed by atoms with van der Waals surface area (Å²) in [5, 5.41) is 0.251. The minimum atomic E-state index is -0.560. The Kier molecular flexibility index (Phi) is 4.90. The van der Waals surface area contributed by atoms with Gasteiger partial charge in [-0.3, -0.25) is 4.90 Å². The lowest BCUT2D eigenvalue weighted by Crippen LogP contribution is -2.43. The van der Waals surface area contributed by atoms with Crippen molar-refractivity contribution in [3.05, 3.63) is 0 Å². The van der Waals surface area contributed by atoms with Crippen molar-refractivity contribution in [3.63, 3.8) is 0 Å². The quantitative estimate of drug-likeness (QED) is 0.720. The van der Waals surface area contributed by atoms with Crippen LogP contribution in [0.25, 0.3) is 0 Å². The highest BCUT2D eigenvalue weighted by Gasteiger charge is 2.41. The number of carbonyl (C=O) groups is 2. The predicted octanol–water partition coefficient (Wildman–Crippen LogP) is 1.90. The molecule has 1 aliphatic heterocycles. The van der Waals surface area contributed by atoms with E-state index in [1.54, 1.807) is 32.5 Å². The SMILES string of the molecule is COC(=O)[C@H]1C[C@H](SC)CN1C(=O)OC(C)(C)C. The monoisotopic (exact) mass is 275 g/mol. The van der Waals surface area contributed by atoms with Crippen LogP contribution in [0.2, 0.25) is 0 Å². The lowest BCUT2D eigenvalue weighted by atomic mass is 10.2. The fraction of sp³-hybridized carbons (Fsp3) is 0.833. The van der Waals surface area contributed by atoms with Crippen molar-refractivity contribution < 1.29 is 19.1 Å². The molecule has 104 valence electrons. The van der Waals surface area contributed by atoms with Gasteiger partial charge in [0.25, 0.3) is 0 Å². The van der Waals surface area contributed by atoms with E-state index < -0.39 is 17.7 Å². The Bertz CT molecular complexity index is 327. The standard InChI is InChI=1S/C12H21NO4S/c1-12(2,3)17-11(15)13-7-8(18-5)6-9(13)10(14)16-4/h8-9H,6-7H2,1-5H3/t8-,9+/m0/s1. The van der Waals surface area contributed by atoms with E-state index in [0.29, 0.717) is 13.0 Å². The van der Waals surface area contributed by atoms with Gasteiger partial charge < -0.3 is 9.47 Å². The van der Waals surface area contributed by atoms with Crippen molar-refractivity contribution in [2.24, 2.45) is 0 Å². The van der Waals surface area contributed by atoms with Crippen molar-refractivity contribution >= 4 is 23.8 Å². The van der Waals surface area contributed by atoms with Crippen LogP contribution in [0.3, 0.4) is 0 Å². The van der Waals surface area contributed by atoms with Gasteiger partial charge in [0, 0.05) is 11.8 Å². The summed E-state index contributed by atoms with van der Waals surface area (Å²) in [5.74, 6) is -0.377. The summed E-state index contributed by atoms with van der Waals surface area (Å²) in [5.41, 5.74) is -0.560. The van der Waals surface area contributed by atoms with Gasteiger partial charge >= 0.3 is 12.1 Å². The van der Waals surface area contributed by atoms with Crippen LogP contribution in [0.4, 0.5) is 4.79 Å². The molecule has 1 aliphatic rings. The van der Waals surface area contributed by atoms with Gasteiger partial charge in [-0.2, -0.15) is 11.8 Å². The number of carbonyl (C=O) groups excluding carboxylic acids is 2. The number of methoxy groups -OCH3 is 1. The van der Waals surface area contributed by atoms with Crippen LogP contribution < -0.4 is 0 Å². The molecule has 1 saturated heterocycles. The van der Waals surface area contributed by atoms with E-state index >= 15 is 0 Å². The zero-order valence-electron chi connectivity index (χ0n) is 11.6. The first kappa shape index (κ1) is 15.1. The summed E-state index contributed by atoms with van der Waals surface area (Å²) in [6.07, 6.45) is 2.14. The number of thioether (sulfide) groups is 1. The van der Waals surface area contributed by atoms with E-state index in [1.807, 2.05) is 6.26 Å². The molecule has 0 bridgehead atoms. The van der Waals surface area contributed by atoms with Gasteiger partial charge in [0.1, 0.15) is 11.6 Å². The normalized spacial score (nSPS) is 23.9. The van der Waals surface area contributed by atoms with E-state index in [9.17, 15) is 9.59 Å². The summed E-state index contributed by atoms with van der Waals surface area (Å²) in [7, 11) is 1.34. The number of esters is 1. The molecule has 1 amide bonds. The second kappa shape index (κ2) is 5.82. The van der Waals surface area contributed by atoms with E-state index in [0.717, 1.165) is 0 Å². The summed E-state index contributed by atoms with van der Waals surface area (Å²) < 4.78 is 10.0. The molecule has 0 aromatic rings. The highest BCUT2D eigenvalue weighted by atomic mass is 32.2. The Morgan fingerprint density at radius 3 is 2.39 bits per heavy atom. The number of ether oxygens (including phenoxy) is 2. The first-order valence-corrected chi connectivity index (χ1v) is 7.17. The fourth-order valence-electron chi connectivity index (χ4n) is 1.85. The number of nitrogens with zero attached hydrogens (tertiary/aromatic N) is 1. The molecule has 1 rings (SSSR count). The van der Waals surface area contributed by atoms with Gasteiger partial charge in [-0.25, -0.2) is 9.59 Å². The molecule has 18 heavy (non-hydrogen) atoms.